The molecule has 0 aliphatic carbocycles. The SMILES string of the molecule is COc1c(C(=O)CCCNC(C)C)ccc(C)c1C. The van der Waals surface area contributed by atoms with E-state index in [2.05, 4.69) is 19.2 Å². The minimum absolute atomic E-state index is 0.158. The van der Waals surface area contributed by atoms with E-state index in [1.807, 2.05) is 26.0 Å². The molecule has 0 saturated heterocycles. The Hall–Kier alpha value is -1.35. The van der Waals surface area contributed by atoms with E-state index in [-0.39, 0.29) is 5.78 Å². The zero-order chi connectivity index (χ0) is 14.4. The van der Waals surface area contributed by atoms with Gasteiger partial charge >= 0.3 is 0 Å². The van der Waals surface area contributed by atoms with Crippen LogP contribution in [-0.4, -0.2) is 25.5 Å². The first kappa shape index (κ1) is 15.7. The van der Waals surface area contributed by atoms with Crippen molar-refractivity contribution in [3.05, 3.63) is 28.8 Å². The Morgan fingerprint density at radius 2 is 2.00 bits per heavy atom. The van der Waals surface area contributed by atoms with Gasteiger partial charge in [0.05, 0.1) is 12.7 Å². The predicted octanol–water partition coefficient (Wildman–Crippen LogP) is 3.27. The van der Waals surface area contributed by atoms with Crippen molar-refractivity contribution in [3.8, 4) is 5.75 Å². The molecule has 0 aliphatic rings. The van der Waals surface area contributed by atoms with Crippen LogP contribution in [0.25, 0.3) is 0 Å². The van der Waals surface area contributed by atoms with Crippen LogP contribution in [0.4, 0.5) is 0 Å². The highest BCUT2D eigenvalue weighted by molar-refractivity contribution is 5.99. The average molecular weight is 263 g/mol. The fraction of sp³-hybridized carbons (Fsp3) is 0.562. The van der Waals surface area contributed by atoms with Gasteiger partial charge in [0.25, 0.3) is 0 Å². The monoisotopic (exact) mass is 263 g/mol. The average Bonchev–Trinajstić information content (AvgIpc) is 2.37. The molecule has 3 nitrogen and oxygen atoms in total. The Balaban J connectivity index is 2.69. The summed E-state index contributed by atoms with van der Waals surface area (Å²) in [6.07, 6.45) is 1.41. The van der Waals surface area contributed by atoms with E-state index >= 15 is 0 Å². The van der Waals surface area contributed by atoms with Crippen molar-refractivity contribution >= 4 is 5.78 Å². The highest BCUT2D eigenvalue weighted by Gasteiger charge is 2.15. The highest BCUT2D eigenvalue weighted by Crippen LogP contribution is 2.27. The molecule has 3 heteroatoms. The van der Waals surface area contributed by atoms with Crippen molar-refractivity contribution in [2.75, 3.05) is 13.7 Å². The molecule has 0 fully saturated rings. The lowest BCUT2D eigenvalue weighted by Gasteiger charge is -2.13. The largest absolute Gasteiger partial charge is 0.496 e. The van der Waals surface area contributed by atoms with Crippen molar-refractivity contribution in [1.82, 2.24) is 5.32 Å². The molecule has 19 heavy (non-hydrogen) atoms. The zero-order valence-corrected chi connectivity index (χ0v) is 12.7. The Labute approximate surface area is 116 Å². The quantitative estimate of drug-likeness (QED) is 0.606. The van der Waals surface area contributed by atoms with Gasteiger partial charge in [-0.2, -0.15) is 0 Å². The molecular weight excluding hydrogens is 238 g/mol. The number of carbonyl (C=O) groups excluding carboxylic acids is 1. The Kier molecular flexibility index (Phi) is 6.03. The second-order valence-corrected chi connectivity index (χ2v) is 5.22. The number of Topliss-reactive ketones (excluding diaryl/α,β-unsaturated/α-hetero) is 1. The number of hydrogen-bond acceptors (Lipinski definition) is 3. The van der Waals surface area contributed by atoms with Crippen LogP contribution in [-0.2, 0) is 0 Å². The van der Waals surface area contributed by atoms with Crippen molar-refractivity contribution in [1.29, 1.82) is 0 Å². The van der Waals surface area contributed by atoms with Crippen LogP contribution in [0.15, 0.2) is 12.1 Å². The van der Waals surface area contributed by atoms with Gasteiger partial charge in [-0.3, -0.25) is 4.79 Å². The summed E-state index contributed by atoms with van der Waals surface area (Å²) in [4.78, 5) is 12.2. The number of ether oxygens (including phenoxy) is 1. The van der Waals surface area contributed by atoms with Gasteiger partial charge < -0.3 is 10.1 Å². The van der Waals surface area contributed by atoms with Crippen LogP contribution in [0.1, 0.15) is 48.2 Å². The number of ketones is 1. The van der Waals surface area contributed by atoms with E-state index in [0.717, 1.165) is 29.8 Å². The third kappa shape index (κ3) is 4.35. The molecule has 106 valence electrons. The van der Waals surface area contributed by atoms with Crippen molar-refractivity contribution in [3.63, 3.8) is 0 Å². The summed E-state index contributed by atoms with van der Waals surface area (Å²) in [5, 5.41) is 3.32. The lowest BCUT2D eigenvalue weighted by Crippen LogP contribution is -2.24. The first-order chi connectivity index (χ1) is 8.97. The molecule has 1 aromatic carbocycles. The summed E-state index contributed by atoms with van der Waals surface area (Å²) in [5.74, 6) is 0.882. The molecule has 0 unspecified atom stereocenters. The lowest BCUT2D eigenvalue weighted by atomic mass is 9.99. The molecular formula is C16H25NO2. The van der Waals surface area contributed by atoms with E-state index in [1.165, 1.54) is 0 Å². The number of rotatable bonds is 7. The molecule has 1 rings (SSSR count). The third-order valence-corrected chi connectivity index (χ3v) is 3.31. The predicted molar refractivity (Wildman–Crippen MR) is 79.2 cm³/mol. The molecule has 0 heterocycles. The Morgan fingerprint density at radius 3 is 2.58 bits per heavy atom. The second-order valence-electron chi connectivity index (χ2n) is 5.22. The fourth-order valence-corrected chi connectivity index (χ4v) is 2.05. The standard InChI is InChI=1S/C16H25NO2/c1-11(2)17-10-6-7-15(18)14-9-8-12(3)13(4)16(14)19-5/h8-9,11,17H,6-7,10H2,1-5H3. The van der Waals surface area contributed by atoms with Crippen LogP contribution in [0.2, 0.25) is 0 Å². The van der Waals surface area contributed by atoms with E-state index in [4.69, 9.17) is 4.74 Å². The summed E-state index contributed by atoms with van der Waals surface area (Å²) in [6.45, 7) is 9.10. The van der Waals surface area contributed by atoms with Crippen LogP contribution in [0.3, 0.4) is 0 Å². The normalized spacial score (nSPS) is 10.8. The van der Waals surface area contributed by atoms with Gasteiger partial charge in [0.2, 0.25) is 0 Å². The van der Waals surface area contributed by atoms with Gasteiger partial charge in [-0.05, 0) is 44.0 Å². The molecule has 0 spiro atoms. The zero-order valence-electron chi connectivity index (χ0n) is 12.7. The number of benzene rings is 1. The van der Waals surface area contributed by atoms with Gasteiger partial charge in [-0.1, -0.05) is 19.9 Å². The second kappa shape index (κ2) is 7.29. The molecule has 0 radical (unpaired) electrons. The van der Waals surface area contributed by atoms with Gasteiger partial charge in [-0.15, -0.1) is 0 Å². The van der Waals surface area contributed by atoms with Gasteiger partial charge in [0.15, 0.2) is 5.78 Å². The lowest BCUT2D eigenvalue weighted by molar-refractivity contribution is 0.0976. The number of hydrogen-bond donors (Lipinski definition) is 1. The number of methoxy groups -OCH3 is 1. The summed E-state index contributed by atoms with van der Waals surface area (Å²) < 4.78 is 5.39. The van der Waals surface area contributed by atoms with Crippen LogP contribution >= 0.6 is 0 Å². The Morgan fingerprint density at radius 1 is 1.32 bits per heavy atom. The Bertz CT molecular complexity index is 439. The minimum Gasteiger partial charge on any atom is -0.496 e. The maximum Gasteiger partial charge on any atom is 0.166 e. The molecule has 0 aromatic heterocycles. The molecule has 0 aliphatic heterocycles. The highest BCUT2D eigenvalue weighted by atomic mass is 16.5. The summed E-state index contributed by atoms with van der Waals surface area (Å²) in [5.41, 5.74) is 2.90. The first-order valence-corrected chi connectivity index (χ1v) is 6.88. The smallest absolute Gasteiger partial charge is 0.166 e. The van der Waals surface area contributed by atoms with Crippen molar-refractivity contribution < 1.29 is 9.53 Å². The minimum atomic E-state index is 0.158. The van der Waals surface area contributed by atoms with Gasteiger partial charge in [0, 0.05) is 12.5 Å². The van der Waals surface area contributed by atoms with Crippen LogP contribution in [0.5, 0.6) is 5.75 Å². The molecule has 0 bridgehead atoms. The van der Waals surface area contributed by atoms with E-state index < -0.39 is 0 Å². The van der Waals surface area contributed by atoms with Crippen LogP contribution in [0, 0.1) is 13.8 Å². The number of carbonyl (C=O) groups is 1. The molecule has 0 saturated carbocycles. The summed E-state index contributed by atoms with van der Waals surface area (Å²) in [6, 6.07) is 4.32. The molecule has 1 aromatic rings. The van der Waals surface area contributed by atoms with Crippen LogP contribution < -0.4 is 10.1 Å². The van der Waals surface area contributed by atoms with Gasteiger partial charge in [0.1, 0.15) is 5.75 Å². The molecule has 0 amide bonds. The maximum atomic E-state index is 12.2. The molecule has 0 atom stereocenters. The van der Waals surface area contributed by atoms with E-state index in [0.29, 0.717) is 18.0 Å². The van der Waals surface area contributed by atoms with Gasteiger partial charge in [-0.25, -0.2) is 0 Å². The fourth-order valence-electron chi connectivity index (χ4n) is 2.05. The summed E-state index contributed by atoms with van der Waals surface area (Å²) in [7, 11) is 1.62. The molecule has 1 N–H and O–H groups in total. The third-order valence-electron chi connectivity index (χ3n) is 3.31. The first-order valence-electron chi connectivity index (χ1n) is 6.88. The maximum absolute atomic E-state index is 12.2. The van der Waals surface area contributed by atoms with E-state index in [9.17, 15) is 4.79 Å². The van der Waals surface area contributed by atoms with Crippen molar-refractivity contribution in [2.24, 2.45) is 0 Å². The van der Waals surface area contributed by atoms with Crippen molar-refractivity contribution in [2.45, 2.75) is 46.6 Å². The topological polar surface area (TPSA) is 38.3 Å². The number of aryl methyl sites for hydroxylation is 1. The number of nitrogens with one attached hydrogen (secondary N) is 1. The van der Waals surface area contributed by atoms with E-state index in [1.54, 1.807) is 7.11 Å². The summed E-state index contributed by atoms with van der Waals surface area (Å²) >= 11 is 0.